The summed E-state index contributed by atoms with van der Waals surface area (Å²) in [6.45, 7) is 1.02. The van der Waals surface area contributed by atoms with E-state index < -0.39 is 0 Å². The Morgan fingerprint density at radius 3 is 2.73 bits per heavy atom. The molecule has 30 heavy (non-hydrogen) atoms. The molecule has 1 aliphatic heterocycles. The van der Waals surface area contributed by atoms with E-state index in [1.807, 2.05) is 42.5 Å². The van der Waals surface area contributed by atoms with Crippen molar-refractivity contribution in [1.29, 1.82) is 0 Å². The van der Waals surface area contributed by atoms with Crippen molar-refractivity contribution in [1.82, 2.24) is 10.2 Å². The summed E-state index contributed by atoms with van der Waals surface area (Å²) < 4.78 is 16.8. The molecule has 0 saturated carbocycles. The molecular weight excluding hydrogens is 402 g/mol. The van der Waals surface area contributed by atoms with E-state index in [4.69, 9.17) is 13.9 Å². The average Bonchev–Trinajstić information content (AvgIpc) is 3.26. The number of fused-ring (bicyclic) bond motifs is 2. The topological polar surface area (TPSA) is 86.5 Å². The van der Waals surface area contributed by atoms with E-state index >= 15 is 0 Å². The maximum absolute atomic E-state index is 12.3. The molecule has 0 fully saturated rings. The van der Waals surface area contributed by atoms with Crippen molar-refractivity contribution in [3.63, 3.8) is 0 Å². The van der Waals surface area contributed by atoms with E-state index in [1.54, 1.807) is 18.2 Å². The van der Waals surface area contributed by atoms with Gasteiger partial charge >= 0.3 is 0 Å². The lowest BCUT2D eigenvalue weighted by molar-refractivity contribution is -0.113. The van der Waals surface area contributed by atoms with Gasteiger partial charge in [0, 0.05) is 17.3 Å². The van der Waals surface area contributed by atoms with Crippen LogP contribution in [0.3, 0.4) is 0 Å². The van der Waals surface area contributed by atoms with E-state index in [0.717, 1.165) is 16.3 Å². The van der Waals surface area contributed by atoms with Crippen LogP contribution in [0, 0.1) is 0 Å². The minimum absolute atomic E-state index is 0.144. The van der Waals surface area contributed by atoms with Crippen LogP contribution in [0.5, 0.6) is 11.5 Å². The number of ether oxygens (including phenoxy) is 2. The summed E-state index contributed by atoms with van der Waals surface area (Å²) in [7, 11) is 0. The second kappa shape index (κ2) is 8.08. The fourth-order valence-electron chi connectivity index (χ4n) is 3.23. The van der Waals surface area contributed by atoms with Crippen LogP contribution < -0.4 is 14.8 Å². The highest BCUT2D eigenvalue weighted by molar-refractivity contribution is 7.99. The first-order chi connectivity index (χ1) is 14.8. The number of amides is 1. The van der Waals surface area contributed by atoms with Crippen LogP contribution >= 0.6 is 11.8 Å². The van der Waals surface area contributed by atoms with Crippen LogP contribution in [0.15, 0.2) is 70.3 Å². The Balaban J connectivity index is 1.24. The third kappa shape index (κ3) is 3.81. The van der Waals surface area contributed by atoms with Gasteiger partial charge in [0.1, 0.15) is 13.2 Å². The summed E-state index contributed by atoms with van der Waals surface area (Å²) in [5, 5.41) is 13.5. The second-order valence-electron chi connectivity index (χ2n) is 6.60. The number of rotatable bonds is 5. The molecule has 1 amide bonds. The summed E-state index contributed by atoms with van der Waals surface area (Å²) in [5.74, 6) is 1.71. The Morgan fingerprint density at radius 2 is 1.80 bits per heavy atom. The molecule has 4 aromatic rings. The van der Waals surface area contributed by atoms with Gasteiger partial charge in [-0.2, -0.15) is 0 Å². The predicted octanol–water partition coefficient (Wildman–Crippen LogP) is 4.39. The van der Waals surface area contributed by atoms with Gasteiger partial charge in [-0.05, 0) is 29.0 Å². The highest BCUT2D eigenvalue weighted by Crippen LogP contribution is 2.33. The second-order valence-corrected chi connectivity index (χ2v) is 7.52. The minimum Gasteiger partial charge on any atom is -0.486 e. The third-order valence-corrected chi connectivity index (χ3v) is 5.40. The van der Waals surface area contributed by atoms with Gasteiger partial charge in [-0.15, -0.1) is 10.2 Å². The van der Waals surface area contributed by atoms with Gasteiger partial charge < -0.3 is 19.2 Å². The normalized spacial score (nSPS) is 12.7. The first kappa shape index (κ1) is 18.5. The van der Waals surface area contributed by atoms with Gasteiger partial charge in [-0.25, -0.2) is 0 Å². The van der Waals surface area contributed by atoms with Crippen molar-refractivity contribution >= 4 is 34.1 Å². The fraction of sp³-hybridized carbons (Fsp3) is 0.136. The van der Waals surface area contributed by atoms with Crippen molar-refractivity contribution < 1.29 is 18.7 Å². The lowest BCUT2D eigenvalue weighted by Crippen LogP contribution is -2.17. The maximum Gasteiger partial charge on any atom is 0.277 e. The van der Waals surface area contributed by atoms with Gasteiger partial charge in [0.25, 0.3) is 5.22 Å². The van der Waals surface area contributed by atoms with Crippen molar-refractivity contribution in [2.24, 2.45) is 0 Å². The fourth-order valence-corrected chi connectivity index (χ4v) is 3.80. The average molecular weight is 419 g/mol. The van der Waals surface area contributed by atoms with E-state index in [9.17, 15) is 4.79 Å². The Bertz CT molecular complexity index is 1220. The minimum atomic E-state index is -0.179. The largest absolute Gasteiger partial charge is 0.486 e. The number of anilines is 1. The van der Waals surface area contributed by atoms with Crippen LogP contribution in [0.4, 0.5) is 5.69 Å². The van der Waals surface area contributed by atoms with Crippen molar-refractivity contribution in [3.05, 3.63) is 60.7 Å². The number of carbonyl (C=O) groups excluding carboxylic acids is 1. The van der Waals surface area contributed by atoms with Crippen LogP contribution in [0.2, 0.25) is 0 Å². The Morgan fingerprint density at radius 1 is 0.967 bits per heavy atom. The number of benzene rings is 3. The zero-order chi connectivity index (χ0) is 20.3. The predicted molar refractivity (Wildman–Crippen MR) is 114 cm³/mol. The zero-order valence-corrected chi connectivity index (χ0v) is 16.6. The number of nitrogens with zero attached hydrogens (tertiary/aromatic N) is 2. The van der Waals surface area contributed by atoms with Crippen molar-refractivity contribution in [2.75, 3.05) is 24.3 Å². The number of thioether (sulfide) groups is 1. The van der Waals surface area contributed by atoms with Gasteiger partial charge in [-0.1, -0.05) is 48.2 Å². The lowest BCUT2D eigenvalue weighted by atomic mass is 10.0. The highest BCUT2D eigenvalue weighted by atomic mass is 32.2. The smallest absolute Gasteiger partial charge is 0.277 e. The molecule has 0 bridgehead atoms. The summed E-state index contributed by atoms with van der Waals surface area (Å²) in [6.07, 6.45) is 0. The molecule has 0 unspecified atom stereocenters. The molecule has 1 aliphatic rings. The molecule has 150 valence electrons. The number of carbonyl (C=O) groups is 1. The van der Waals surface area contributed by atoms with E-state index in [-0.39, 0.29) is 11.7 Å². The molecule has 0 radical (unpaired) electrons. The van der Waals surface area contributed by atoms with Crippen LogP contribution in [-0.2, 0) is 4.79 Å². The highest BCUT2D eigenvalue weighted by Gasteiger charge is 2.15. The summed E-state index contributed by atoms with van der Waals surface area (Å²) >= 11 is 1.19. The Kier molecular flexibility index (Phi) is 4.98. The monoisotopic (exact) mass is 419 g/mol. The molecule has 2 heterocycles. The van der Waals surface area contributed by atoms with Crippen LogP contribution in [0.25, 0.3) is 22.2 Å². The van der Waals surface area contributed by atoms with Gasteiger partial charge in [0.2, 0.25) is 11.8 Å². The molecule has 1 N–H and O–H groups in total. The molecule has 5 rings (SSSR count). The van der Waals surface area contributed by atoms with E-state index in [1.165, 1.54) is 11.8 Å². The Labute approximate surface area is 176 Å². The molecule has 0 saturated heterocycles. The van der Waals surface area contributed by atoms with Crippen LogP contribution in [-0.4, -0.2) is 35.1 Å². The lowest BCUT2D eigenvalue weighted by Gasteiger charge is -2.18. The summed E-state index contributed by atoms with van der Waals surface area (Å²) in [6, 6.07) is 19.3. The molecule has 0 spiro atoms. The molecule has 0 aliphatic carbocycles. The first-order valence-corrected chi connectivity index (χ1v) is 10.4. The van der Waals surface area contributed by atoms with Crippen LogP contribution in [0.1, 0.15) is 0 Å². The molecule has 3 aromatic carbocycles. The first-order valence-electron chi connectivity index (χ1n) is 9.40. The van der Waals surface area contributed by atoms with Gasteiger partial charge in [0.15, 0.2) is 11.5 Å². The molecule has 0 atom stereocenters. The zero-order valence-electron chi connectivity index (χ0n) is 15.8. The summed E-state index contributed by atoms with van der Waals surface area (Å²) in [4.78, 5) is 12.3. The molecule has 8 heteroatoms. The maximum atomic E-state index is 12.3. The number of hydrogen-bond acceptors (Lipinski definition) is 7. The van der Waals surface area contributed by atoms with E-state index in [0.29, 0.717) is 41.5 Å². The number of aromatic nitrogens is 2. The third-order valence-electron chi connectivity index (χ3n) is 4.58. The number of nitrogens with one attached hydrogen (secondary N) is 1. The van der Waals surface area contributed by atoms with Gasteiger partial charge in [-0.3, -0.25) is 4.79 Å². The summed E-state index contributed by atoms with van der Waals surface area (Å²) in [5.41, 5.74) is 1.51. The standard InChI is InChI=1S/C22H17N3O4S/c26-20(23-15-8-9-18-19(12-15)28-11-10-27-18)13-30-22-25-24-21(29-22)17-7-3-5-14-4-1-2-6-16(14)17/h1-9,12H,10-11,13H2,(H,23,26). The molecule has 1 aromatic heterocycles. The van der Waals surface area contributed by atoms with Crippen molar-refractivity contribution in [3.8, 4) is 23.0 Å². The van der Waals surface area contributed by atoms with E-state index in [2.05, 4.69) is 15.5 Å². The molecule has 7 nitrogen and oxygen atoms in total. The number of hydrogen-bond donors (Lipinski definition) is 1. The molecular formula is C22H17N3O4S. The van der Waals surface area contributed by atoms with Crippen molar-refractivity contribution in [2.45, 2.75) is 5.22 Å². The van der Waals surface area contributed by atoms with Gasteiger partial charge in [0.05, 0.1) is 5.75 Å². The SMILES string of the molecule is O=C(CSc1nnc(-c2cccc3ccccc23)o1)Nc1ccc2c(c1)OCCO2. The quantitative estimate of drug-likeness (QED) is 0.480. The Hall–Kier alpha value is -3.52.